The van der Waals surface area contributed by atoms with Gasteiger partial charge in [-0.15, -0.1) is 0 Å². The topological polar surface area (TPSA) is 101 Å². The first-order valence-corrected chi connectivity index (χ1v) is 8.06. The van der Waals surface area contributed by atoms with Gasteiger partial charge in [0.05, 0.1) is 11.6 Å². The van der Waals surface area contributed by atoms with E-state index in [1.165, 1.54) is 12.1 Å². The van der Waals surface area contributed by atoms with Crippen LogP contribution < -0.4 is 15.8 Å². The summed E-state index contributed by atoms with van der Waals surface area (Å²) in [5, 5.41) is 2.78. The molecule has 0 radical (unpaired) electrons. The third-order valence-corrected chi connectivity index (χ3v) is 4.77. The molecule has 0 spiro atoms. The molecule has 0 atom stereocenters. The van der Waals surface area contributed by atoms with Crippen molar-refractivity contribution in [3.63, 3.8) is 0 Å². The van der Waals surface area contributed by atoms with Gasteiger partial charge < -0.3 is 11.1 Å². The van der Waals surface area contributed by atoms with Crippen LogP contribution >= 0.6 is 11.6 Å². The van der Waals surface area contributed by atoms with E-state index in [0.29, 0.717) is 0 Å². The normalized spacial score (nSPS) is 15.1. The maximum Gasteiger partial charge on any atom is 0.242 e. The van der Waals surface area contributed by atoms with Crippen LogP contribution in [0.5, 0.6) is 0 Å². The van der Waals surface area contributed by atoms with E-state index in [1.807, 2.05) is 0 Å². The number of hydrogen-bond acceptors (Lipinski definition) is 4. The number of carbonyl (C=O) groups is 1. The Morgan fingerprint density at radius 3 is 2.65 bits per heavy atom. The summed E-state index contributed by atoms with van der Waals surface area (Å²) in [6.07, 6.45) is 1.90. The smallest absolute Gasteiger partial charge is 0.242 e. The average Bonchev–Trinajstić information content (AvgIpc) is 3.20. The molecule has 4 N–H and O–H groups in total. The van der Waals surface area contributed by atoms with E-state index in [4.69, 9.17) is 17.3 Å². The highest BCUT2D eigenvalue weighted by Crippen LogP contribution is 2.22. The van der Waals surface area contributed by atoms with E-state index in [9.17, 15) is 13.2 Å². The Morgan fingerprint density at radius 1 is 1.40 bits per heavy atom. The molecular weight excluding hydrogens is 302 g/mol. The highest BCUT2D eigenvalue weighted by atomic mass is 35.5. The Balaban J connectivity index is 2.03. The zero-order valence-electron chi connectivity index (χ0n) is 10.7. The lowest BCUT2D eigenvalue weighted by atomic mass is 10.2. The van der Waals surface area contributed by atoms with Crippen LogP contribution in [0.2, 0.25) is 5.02 Å². The summed E-state index contributed by atoms with van der Waals surface area (Å²) < 4.78 is 26.3. The zero-order chi connectivity index (χ0) is 14.8. The van der Waals surface area contributed by atoms with Gasteiger partial charge in [0.25, 0.3) is 0 Å². The van der Waals surface area contributed by atoms with Gasteiger partial charge in [0, 0.05) is 12.6 Å². The highest BCUT2D eigenvalue weighted by Gasteiger charge is 2.24. The van der Waals surface area contributed by atoms with Gasteiger partial charge in [0.1, 0.15) is 4.90 Å². The van der Waals surface area contributed by atoms with Crippen LogP contribution in [-0.2, 0) is 21.4 Å². The van der Waals surface area contributed by atoms with Crippen molar-refractivity contribution in [2.75, 3.05) is 6.54 Å². The number of nitrogens with one attached hydrogen (secondary N) is 2. The fourth-order valence-electron chi connectivity index (χ4n) is 1.63. The monoisotopic (exact) mass is 317 g/mol. The van der Waals surface area contributed by atoms with E-state index >= 15 is 0 Å². The first-order chi connectivity index (χ1) is 9.42. The van der Waals surface area contributed by atoms with Crippen molar-refractivity contribution in [1.82, 2.24) is 10.0 Å². The summed E-state index contributed by atoms with van der Waals surface area (Å²) in [6, 6.07) is 4.66. The molecule has 0 bridgehead atoms. The summed E-state index contributed by atoms with van der Waals surface area (Å²) in [5.74, 6) is -0.342. The Kier molecular flexibility index (Phi) is 4.64. The van der Waals surface area contributed by atoms with Crippen LogP contribution in [0.1, 0.15) is 18.4 Å². The first kappa shape index (κ1) is 15.2. The van der Waals surface area contributed by atoms with Gasteiger partial charge in [-0.25, -0.2) is 13.1 Å². The summed E-state index contributed by atoms with van der Waals surface area (Å²) in [7, 11) is -3.81. The third kappa shape index (κ3) is 3.92. The summed E-state index contributed by atoms with van der Waals surface area (Å²) >= 11 is 5.93. The number of halogens is 1. The van der Waals surface area contributed by atoms with Crippen molar-refractivity contribution in [2.24, 2.45) is 5.73 Å². The van der Waals surface area contributed by atoms with Crippen molar-refractivity contribution >= 4 is 27.5 Å². The third-order valence-electron chi connectivity index (χ3n) is 2.89. The number of hydrogen-bond donors (Lipinski definition) is 3. The lowest BCUT2D eigenvalue weighted by molar-refractivity contribution is -0.120. The maximum atomic E-state index is 12.1. The quantitative estimate of drug-likeness (QED) is 0.705. The predicted molar refractivity (Wildman–Crippen MR) is 75.7 cm³/mol. The standard InChI is InChI=1S/C12H16ClN3O3S/c13-10-5-8(6-14)1-4-11(10)20(18,19)15-7-12(17)16-9-2-3-9/h1,4-5,9,15H,2-3,6-7,14H2,(H,16,17). The van der Waals surface area contributed by atoms with Crippen LogP contribution in [0.4, 0.5) is 0 Å². The minimum atomic E-state index is -3.81. The lowest BCUT2D eigenvalue weighted by Gasteiger charge is -2.09. The fourth-order valence-corrected chi connectivity index (χ4v) is 3.18. The molecular formula is C12H16ClN3O3S. The number of rotatable bonds is 6. The molecule has 0 heterocycles. The molecule has 1 aliphatic carbocycles. The minimum absolute atomic E-state index is 0.0596. The molecule has 1 saturated carbocycles. The molecule has 6 nitrogen and oxygen atoms in total. The van der Waals surface area contributed by atoms with Gasteiger partial charge in [-0.05, 0) is 30.5 Å². The van der Waals surface area contributed by atoms with Crippen molar-refractivity contribution in [3.05, 3.63) is 28.8 Å². The SMILES string of the molecule is NCc1ccc(S(=O)(=O)NCC(=O)NC2CC2)c(Cl)c1. The van der Waals surface area contributed by atoms with Gasteiger partial charge in [0.15, 0.2) is 0 Å². The van der Waals surface area contributed by atoms with Crippen LogP contribution in [0.3, 0.4) is 0 Å². The first-order valence-electron chi connectivity index (χ1n) is 6.20. The molecule has 1 aliphatic rings. The van der Waals surface area contributed by atoms with Crippen molar-refractivity contribution in [2.45, 2.75) is 30.3 Å². The second kappa shape index (κ2) is 6.09. The van der Waals surface area contributed by atoms with E-state index < -0.39 is 10.0 Å². The van der Waals surface area contributed by atoms with Gasteiger partial charge in [-0.1, -0.05) is 17.7 Å². The molecule has 1 aromatic carbocycles. The Labute approximate surface area is 122 Å². The van der Waals surface area contributed by atoms with Gasteiger partial charge in [0.2, 0.25) is 15.9 Å². The fraction of sp³-hybridized carbons (Fsp3) is 0.417. The van der Waals surface area contributed by atoms with E-state index in [1.54, 1.807) is 6.07 Å². The molecule has 20 heavy (non-hydrogen) atoms. The molecule has 2 rings (SSSR count). The molecule has 110 valence electrons. The van der Waals surface area contributed by atoms with E-state index in [-0.39, 0.29) is 35.0 Å². The second-order valence-electron chi connectivity index (χ2n) is 4.64. The molecule has 1 fully saturated rings. The Morgan fingerprint density at radius 2 is 2.10 bits per heavy atom. The number of nitrogens with two attached hydrogens (primary N) is 1. The number of sulfonamides is 1. The molecule has 0 unspecified atom stereocenters. The molecule has 1 amide bonds. The predicted octanol–water partition coefficient (Wildman–Crippen LogP) is 0.356. The number of benzene rings is 1. The zero-order valence-corrected chi connectivity index (χ0v) is 12.3. The molecule has 0 aromatic heterocycles. The van der Waals surface area contributed by atoms with E-state index in [2.05, 4.69) is 10.0 Å². The summed E-state index contributed by atoms with van der Waals surface area (Å²) in [4.78, 5) is 11.4. The van der Waals surface area contributed by atoms with Crippen molar-refractivity contribution in [1.29, 1.82) is 0 Å². The molecule has 0 saturated heterocycles. The van der Waals surface area contributed by atoms with E-state index in [0.717, 1.165) is 18.4 Å². The van der Waals surface area contributed by atoms with Crippen LogP contribution in [0.15, 0.2) is 23.1 Å². The van der Waals surface area contributed by atoms with Gasteiger partial charge >= 0.3 is 0 Å². The van der Waals surface area contributed by atoms with Crippen molar-refractivity contribution < 1.29 is 13.2 Å². The van der Waals surface area contributed by atoms with Crippen molar-refractivity contribution in [3.8, 4) is 0 Å². The van der Waals surface area contributed by atoms with Crippen LogP contribution in [-0.4, -0.2) is 26.9 Å². The number of amides is 1. The second-order valence-corrected chi connectivity index (χ2v) is 6.78. The average molecular weight is 318 g/mol. The van der Waals surface area contributed by atoms with Gasteiger partial charge in [-0.2, -0.15) is 0 Å². The van der Waals surface area contributed by atoms with Crippen LogP contribution in [0.25, 0.3) is 0 Å². The Bertz CT molecular complexity index is 614. The largest absolute Gasteiger partial charge is 0.352 e. The molecule has 8 heteroatoms. The molecule has 1 aromatic rings. The summed E-state index contributed by atoms with van der Waals surface area (Å²) in [5.41, 5.74) is 6.19. The molecule has 0 aliphatic heterocycles. The Hall–Kier alpha value is -1.15. The van der Waals surface area contributed by atoms with Crippen LogP contribution in [0, 0.1) is 0 Å². The lowest BCUT2D eigenvalue weighted by Crippen LogP contribution is -2.37. The minimum Gasteiger partial charge on any atom is -0.352 e. The van der Waals surface area contributed by atoms with Gasteiger partial charge in [-0.3, -0.25) is 4.79 Å². The summed E-state index contributed by atoms with van der Waals surface area (Å²) in [6.45, 7) is -0.0227. The maximum absolute atomic E-state index is 12.1. The number of carbonyl (C=O) groups excluding carboxylic acids is 1. The highest BCUT2D eigenvalue weighted by molar-refractivity contribution is 7.89.